The molecular formula is C14H25N2Na3O9Si. The molecule has 15 heteroatoms. The molecule has 0 aromatic carbocycles. The van der Waals surface area contributed by atoms with Crippen LogP contribution in [0, 0.1) is 0 Å². The van der Waals surface area contributed by atoms with Crippen molar-refractivity contribution >= 4 is 26.7 Å². The summed E-state index contributed by atoms with van der Waals surface area (Å²) in [5.74, 6) is -4.17. The molecule has 0 aliphatic rings. The second-order valence-electron chi connectivity index (χ2n) is 5.50. The number of aliphatic carboxylic acids is 3. The number of carboxylic acid groups (broad SMARTS) is 3. The molecule has 0 radical (unpaired) electrons. The van der Waals surface area contributed by atoms with Gasteiger partial charge in [0.15, 0.2) is 0 Å². The molecule has 0 N–H and O–H groups in total. The van der Waals surface area contributed by atoms with Gasteiger partial charge in [-0.1, -0.05) is 0 Å². The normalized spacial score (nSPS) is 10.7. The zero-order valence-electron chi connectivity index (χ0n) is 18.2. The van der Waals surface area contributed by atoms with Gasteiger partial charge in [0.25, 0.3) is 0 Å². The topological polar surface area (TPSA) is 155 Å². The second-order valence-corrected chi connectivity index (χ2v) is 8.59. The minimum Gasteiger partial charge on any atom is -0.549 e. The Morgan fingerprint density at radius 2 is 1.03 bits per heavy atom. The molecule has 0 amide bonds. The number of hydrogen-bond donors (Lipinski definition) is 0. The SMILES string of the molecule is CO[Si](CCCN(CCN(CC(=O)[O-])CC(=O)[O-])CC(=O)[O-])(OC)OC.[Na+].[Na+].[Na+]. The minimum absolute atomic E-state index is 0. The van der Waals surface area contributed by atoms with Crippen molar-refractivity contribution < 1.29 is 132 Å². The fraction of sp³-hybridized carbons (Fsp3) is 0.786. The molecule has 0 fully saturated rings. The fourth-order valence-corrected chi connectivity index (χ4v) is 4.09. The molecule has 0 saturated carbocycles. The standard InChI is InChI=1S/C14H28N2O9Si.3Na/c1-23-26(24-2,25-3)8-4-5-15(9-12(17)18)6-7-16(10-13(19)20)11-14(21)22;;;/h4-11H2,1-3H3,(H,17,18)(H,19,20)(H,21,22);;;/q;3*+1/p-3. The number of carbonyl (C=O) groups is 3. The van der Waals surface area contributed by atoms with Crippen molar-refractivity contribution in [3.8, 4) is 0 Å². The van der Waals surface area contributed by atoms with Gasteiger partial charge >= 0.3 is 97.5 Å². The summed E-state index contributed by atoms with van der Waals surface area (Å²) in [5, 5.41) is 32.2. The van der Waals surface area contributed by atoms with E-state index in [1.54, 1.807) is 0 Å². The van der Waals surface area contributed by atoms with Gasteiger partial charge in [-0.2, -0.15) is 0 Å². The third-order valence-corrected chi connectivity index (χ3v) is 6.51. The third kappa shape index (κ3) is 18.7. The Labute approximate surface area is 238 Å². The van der Waals surface area contributed by atoms with E-state index < -0.39 is 39.8 Å². The number of carboxylic acids is 3. The van der Waals surface area contributed by atoms with E-state index in [0.717, 1.165) is 4.90 Å². The summed E-state index contributed by atoms with van der Waals surface area (Å²) < 4.78 is 15.8. The van der Waals surface area contributed by atoms with Crippen LogP contribution in [0.5, 0.6) is 0 Å². The maximum atomic E-state index is 10.9. The third-order valence-electron chi connectivity index (χ3n) is 3.68. The second kappa shape index (κ2) is 21.3. The quantitative estimate of drug-likeness (QED) is 0.201. The Morgan fingerprint density at radius 3 is 1.38 bits per heavy atom. The Morgan fingerprint density at radius 1 is 0.690 bits per heavy atom. The van der Waals surface area contributed by atoms with Crippen LogP contribution in [0.1, 0.15) is 6.42 Å². The molecule has 29 heavy (non-hydrogen) atoms. The van der Waals surface area contributed by atoms with Gasteiger partial charge in [-0.3, -0.25) is 9.80 Å². The van der Waals surface area contributed by atoms with E-state index in [0.29, 0.717) is 19.0 Å². The smallest absolute Gasteiger partial charge is 0.549 e. The molecule has 0 rings (SSSR count). The largest absolute Gasteiger partial charge is 1.00 e. The molecule has 0 saturated heterocycles. The average Bonchev–Trinajstić information content (AvgIpc) is 2.55. The van der Waals surface area contributed by atoms with Gasteiger partial charge in [-0.15, -0.1) is 0 Å². The molecule has 0 aromatic rings. The molecule has 0 aliphatic heterocycles. The van der Waals surface area contributed by atoms with Gasteiger partial charge in [0.2, 0.25) is 0 Å². The zero-order chi connectivity index (χ0) is 20.2. The maximum absolute atomic E-state index is 10.9. The average molecular weight is 462 g/mol. The molecule has 0 aliphatic carbocycles. The van der Waals surface area contributed by atoms with Crippen LogP contribution in [0.4, 0.5) is 0 Å². The van der Waals surface area contributed by atoms with E-state index >= 15 is 0 Å². The molecule has 152 valence electrons. The zero-order valence-corrected chi connectivity index (χ0v) is 25.2. The monoisotopic (exact) mass is 462 g/mol. The summed E-state index contributed by atoms with van der Waals surface area (Å²) in [6, 6.07) is 0.446. The minimum atomic E-state index is -2.78. The van der Waals surface area contributed by atoms with Crippen molar-refractivity contribution in [2.24, 2.45) is 0 Å². The summed E-state index contributed by atoms with van der Waals surface area (Å²) >= 11 is 0. The van der Waals surface area contributed by atoms with Crippen molar-refractivity contribution in [3.63, 3.8) is 0 Å². The summed E-state index contributed by atoms with van der Waals surface area (Å²) in [4.78, 5) is 34.8. The summed E-state index contributed by atoms with van der Waals surface area (Å²) in [5.41, 5.74) is 0. The number of rotatable bonds is 16. The van der Waals surface area contributed by atoms with Crippen molar-refractivity contribution in [1.29, 1.82) is 0 Å². The van der Waals surface area contributed by atoms with Crippen molar-refractivity contribution in [2.75, 3.05) is 60.6 Å². The number of carbonyl (C=O) groups excluding carboxylic acids is 3. The molecule has 0 unspecified atom stereocenters. The first-order valence-corrected chi connectivity index (χ1v) is 9.81. The van der Waals surface area contributed by atoms with Crippen LogP contribution in [0.3, 0.4) is 0 Å². The summed E-state index contributed by atoms with van der Waals surface area (Å²) in [7, 11) is 1.62. The first-order chi connectivity index (χ1) is 12.2. The van der Waals surface area contributed by atoms with Crippen LogP contribution in [0.2, 0.25) is 6.04 Å². The van der Waals surface area contributed by atoms with E-state index in [4.69, 9.17) is 13.3 Å². The predicted molar refractivity (Wildman–Crippen MR) is 84.1 cm³/mol. The molecule has 11 nitrogen and oxygen atoms in total. The summed E-state index contributed by atoms with van der Waals surface area (Å²) in [6.07, 6.45) is 0.496. The van der Waals surface area contributed by atoms with Crippen LogP contribution in [-0.2, 0) is 27.7 Å². The predicted octanol–water partition coefficient (Wildman–Crippen LogP) is -13.9. The molecule has 0 bridgehead atoms. The maximum Gasteiger partial charge on any atom is 1.00 e. The Balaban J connectivity index is -0.00000104. The van der Waals surface area contributed by atoms with E-state index in [9.17, 15) is 29.7 Å². The van der Waals surface area contributed by atoms with E-state index in [-0.39, 0.29) is 108 Å². The van der Waals surface area contributed by atoms with Crippen molar-refractivity contribution in [3.05, 3.63) is 0 Å². The van der Waals surface area contributed by atoms with Crippen LogP contribution in [0.15, 0.2) is 0 Å². The molecule has 0 aromatic heterocycles. The molecular weight excluding hydrogens is 437 g/mol. The molecule has 0 heterocycles. The van der Waals surface area contributed by atoms with Crippen LogP contribution < -0.4 is 104 Å². The van der Waals surface area contributed by atoms with Crippen molar-refractivity contribution in [2.45, 2.75) is 12.5 Å². The number of nitrogens with zero attached hydrogens (tertiary/aromatic N) is 2. The molecule has 0 spiro atoms. The van der Waals surface area contributed by atoms with E-state index in [1.165, 1.54) is 26.2 Å². The van der Waals surface area contributed by atoms with Gasteiger partial charge < -0.3 is 43.0 Å². The van der Waals surface area contributed by atoms with E-state index in [1.807, 2.05) is 0 Å². The van der Waals surface area contributed by atoms with Crippen LogP contribution >= 0.6 is 0 Å². The summed E-state index contributed by atoms with van der Waals surface area (Å²) in [6.45, 7) is -1.12. The van der Waals surface area contributed by atoms with Crippen LogP contribution in [0.25, 0.3) is 0 Å². The van der Waals surface area contributed by atoms with Crippen LogP contribution in [-0.4, -0.2) is 97.1 Å². The fourth-order valence-electron chi connectivity index (χ4n) is 2.39. The van der Waals surface area contributed by atoms with Gasteiger partial charge in [0.05, 0.1) is 17.9 Å². The van der Waals surface area contributed by atoms with E-state index in [2.05, 4.69) is 0 Å². The van der Waals surface area contributed by atoms with Gasteiger partial charge in [0.1, 0.15) is 0 Å². The first kappa shape index (κ1) is 37.7. The Kier molecular flexibility index (Phi) is 27.7. The molecule has 0 atom stereocenters. The van der Waals surface area contributed by atoms with Gasteiger partial charge in [0, 0.05) is 60.1 Å². The van der Waals surface area contributed by atoms with Gasteiger partial charge in [-0.05, 0) is 13.0 Å². The number of hydrogen-bond acceptors (Lipinski definition) is 11. The Hall–Kier alpha value is 1.43. The van der Waals surface area contributed by atoms with Crippen molar-refractivity contribution in [1.82, 2.24) is 9.80 Å². The first-order valence-electron chi connectivity index (χ1n) is 7.87. The Bertz CT molecular complexity index is 449. The van der Waals surface area contributed by atoms with Gasteiger partial charge in [-0.25, -0.2) is 0 Å².